The molecule has 2 N–H and O–H groups in total. The molecule has 2 aromatic carbocycles. The zero-order valence-corrected chi connectivity index (χ0v) is 16.8. The first-order chi connectivity index (χ1) is 13.5. The highest BCUT2D eigenvalue weighted by Gasteiger charge is 2.14. The van der Waals surface area contributed by atoms with Gasteiger partial charge in [-0.15, -0.1) is 10.2 Å². The summed E-state index contributed by atoms with van der Waals surface area (Å²) >= 11 is 7.08. The fourth-order valence-corrected chi connectivity index (χ4v) is 3.34. The van der Waals surface area contributed by atoms with Crippen molar-refractivity contribution in [2.24, 2.45) is 0 Å². The molecule has 28 heavy (non-hydrogen) atoms. The smallest absolute Gasteiger partial charge is 0.286 e. The predicted molar refractivity (Wildman–Crippen MR) is 111 cm³/mol. The van der Waals surface area contributed by atoms with Crippen LogP contribution in [0.2, 0.25) is 5.02 Å². The Bertz CT molecular complexity index is 972. The lowest BCUT2D eigenvalue weighted by molar-refractivity contribution is -0.121. The van der Waals surface area contributed by atoms with Crippen molar-refractivity contribution in [3.05, 3.63) is 74.7 Å². The van der Waals surface area contributed by atoms with E-state index in [0.29, 0.717) is 28.7 Å². The maximum Gasteiger partial charge on any atom is 0.286 e. The second kappa shape index (κ2) is 9.43. The van der Waals surface area contributed by atoms with E-state index in [-0.39, 0.29) is 23.2 Å². The highest BCUT2D eigenvalue weighted by molar-refractivity contribution is 7.13. The summed E-state index contributed by atoms with van der Waals surface area (Å²) in [6.07, 6.45) is 0.720. The number of aryl methyl sites for hydroxylation is 2. The Morgan fingerprint density at radius 2 is 1.89 bits per heavy atom. The number of carbonyl (C=O) groups is 2. The number of aromatic nitrogens is 2. The van der Waals surface area contributed by atoms with Crippen LogP contribution in [0.15, 0.2) is 48.5 Å². The van der Waals surface area contributed by atoms with Crippen LogP contribution in [0.5, 0.6) is 0 Å². The normalized spacial score (nSPS) is 10.5. The minimum Gasteiger partial charge on any atom is -0.352 e. The van der Waals surface area contributed by atoms with E-state index in [1.165, 1.54) is 16.9 Å². The minimum absolute atomic E-state index is 0.0688. The Morgan fingerprint density at radius 1 is 1.11 bits per heavy atom. The Hall–Kier alpha value is -2.77. The maximum atomic E-state index is 12.2. The van der Waals surface area contributed by atoms with Crippen LogP contribution >= 0.6 is 22.9 Å². The maximum absolute atomic E-state index is 12.2. The van der Waals surface area contributed by atoms with Crippen LogP contribution in [0, 0.1) is 6.92 Å². The topological polar surface area (TPSA) is 84.0 Å². The van der Waals surface area contributed by atoms with E-state index in [1.54, 1.807) is 24.3 Å². The van der Waals surface area contributed by atoms with Crippen molar-refractivity contribution >= 4 is 40.4 Å². The molecule has 0 atom stereocenters. The summed E-state index contributed by atoms with van der Waals surface area (Å²) in [7, 11) is 0. The lowest BCUT2D eigenvalue weighted by Crippen LogP contribution is -2.22. The van der Waals surface area contributed by atoms with Gasteiger partial charge >= 0.3 is 0 Å². The molecule has 0 spiro atoms. The van der Waals surface area contributed by atoms with E-state index in [1.807, 2.05) is 31.2 Å². The molecule has 8 heteroatoms. The number of hydrogen-bond acceptors (Lipinski definition) is 5. The zero-order chi connectivity index (χ0) is 19.9. The quantitative estimate of drug-likeness (QED) is 0.612. The molecule has 1 aromatic heterocycles. The van der Waals surface area contributed by atoms with Crippen LogP contribution in [-0.2, 0) is 17.8 Å². The lowest BCUT2D eigenvalue weighted by Gasteiger charge is -2.05. The lowest BCUT2D eigenvalue weighted by atomic mass is 10.1. The Balaban J connectivity index is 1.46. The standard InChI is InChI=1S/C20H19ClN4O2S/c1-13-5-7-14(8-6-13)12-22-17(26)9-10-18-24-25-20(28-18)19(27)23-16-4-2-3-15(21)11-16/h2-8,11H,9-10,12H2,1H3,(H,22,26)(H,23,27). The summed E-state index contributed by atoms with van der Waals surface area (Å²) in [5, 5.41) is 14.9. The van der Waals surface area contributed by atoms with Crippen LogP contribution in [-0.4, -0.2) is 22.0 Å². The third-order valence-electron chi connectivity index (χ3n) is 3.92. The molecule has 0 saturated heterocycles. The van der Waals surface area contributed by atoms with Gasteiger partial charge in [-0.3, -0.25) is 9.59 Å². The van der Waals surface area contributed by atoms with Crippen molar-refractivity contribution < 1.29 is 9.59 Å². The van der Waals surface area contributed by atoms with Crippen LogP contribution < -0.4 is 10.6 Å². The van der Waals surface area contributed by atoms with Gasteiger partial charge in [-0.05, 0) is 30.7 Å². The molecule has 1 heterocycles. The number of amides is 2. The second-order valence-electron chi connectivity index (χ2n) is 6.23. The van der Waals surface area contributed by atoms with Gasteiger partial charge in [-0.2, -0.15) is 0 Å². The van der Waals surface area contributed by atoms with E-state index in [9.17, 15) is 9.59 Å². The molecule has 3 aromatic rings. The van der Waals surface area contributed by atoms with Crippen LogP contribution in [0.1, 0.15) is 32.4 Å². The number of carbonyl (C=O) groups excluding carboxylic acids is 2. The summed E-state index contributed by atoms with van der Waals surface area (Å²) in [5.74, 6) is -0.421. The van der Waals surface area contributed by atoms with Crippen molar-refractivity contribution in [1.82, 2.24) is 15.5 Å². The monoisotopic (exact) mass is 414 g/mol. The molecule has 0 fully saturated rings. The molecule has 2 amide bonds. The highest BCUT2D eigenvalue weighted by atomic mass is 35.5. The number of halogens is 1. The molecule has 6 nitrogen and oxygen atoms in total. The molecule has 0 unspecified atom stereocenters. The van der Waals surface area contributed by atoms with Crippen LogP contribution in [0.4, 0.5) is 5.69 Å². The van der Waals surface area contributed by atoms with Gasteiger partial charge in [0.1, 0.15) is 5.01 Å². The van der Waals surface area contributed by atoms with E-state index in [0.717, 1.165) is 5.56 Å². The average molecular weight is 415 g/mol. The average Bonchev–Trinajstić information content (AvgIpc) is 3.15. The van der Waals surface area contributed by atoms with E-state index in [4.69, 9.17) is 11.6 Å². The Morgan fingerprint density at radius 3 is 2.64 bits per heavy atom. The molecule has 0 saturated carbocycles. The largest absolute Gasteiger partial charge is 0.352 e. The van der Waals surface area contributed by atoms with Crippen molar-refractivity contribution in [3.8, 4) is 0 Å². The molecule has 0 aliphatic heterocycles. The molecular formula is C20H19ClN4O2S. The van der Waals surface area contributed by atoms with Gasteiger partial charge in [-0.1, -0.05) is 58.8 Å². The fourth-order valence-electron chi connectivity index (χ4n) is 2.41. The molecular weight excluding hydrogens is 396 g/mol. The number of benzene rings is 2. The SMILES string of the molecule is Cc1ccc(CNC(=O)CCc2nnc(C(=O)Nc3cccc(Cl)c3)s2)cc1. The summed E-state index contributed by atoms with van der Waals surface area (Å²) in [6, 6.07) is 14.9. The van der Waals surface area contributed by atoms with E-state index >= 15 is 0 Å². The van der Waals surface area contributed by atoms with Gasteiger partial charge in [0.25, 0.3) is 5.91 Å². The predicted octanol–water partition coefficient (Wildman–Crippen LogP) is 4.00. The molecule has 0 aliphatic carbocycles. The fraction of sp³-hybridized carbons (Fsp3) is 0.200. The number of anilines is 1. The summed E-state index contributed by atoms with van der Waals surface area (Å²) in [5.41, 5.74) is 2.82. The van der Waals surface area contributed by atoms with Gasteiger partial charge in [0.15, 0.2) is 0 Å². The van der Waals surface area contributed by atoms with Crippen LogP contribution in [0.25, 0.3) is 0 Å². The number of nitrogens with one attached hydrogen (secondary N) is 2. The van der Waals surface area contributed by atoms with E-state index in [2.05, 4.69) is 20.8 Å². The Kier molecular flexibility index (Phi) is 6.73. The number of rotatable bonds is 7. The molecule has 0 radical (unpaired) electrons. The third-order valence-corrected chi connectivity index (χ3v) is 5.14. The van der Waals surface area contributed by atoms with Gasteiger partial charge < -0.3 is 10.6 Å². The zero-order valence-electron chi connectivity index (χ0n) is 15.2. The summed E-state index contributed by atoms with van der Waals surface area (Å²) in [4.78, 5) is 24.3. The van der Waals surface area contributed by atoms with Gasteiger partial charge in [0.05, 0.1) is 0 Å². The summed E-state index contributed by atoms with van der Waals surface area (Å²) in [6.45, 7) is 2.51. The first kappa shape index (κ1) is 20.0. The molecule has 0 aliphatic rings. The first-order valence-electron chi connectivity index (χ1n) is 8.71. The first-order valence-corrected chi connectivity index (χ1v) is 9.90. The number of hydrogen-bond donors (Lipinski definition) is 2. The molecule has 0 bridgehead atoms. The van der Waals surface area contributed by atoms with Gasteiger partial charge in [0.2, 0.25) is 10.9 Å². The second-order valence-corrected chi connectivity index (χ2v) is 7.73. The van der Waals surface area contributed by atoms with Gasteiger partial charge in [-0.25, -0.2) is 0 Å². The molecule has 144 valence electrons. The third kappa shape index (κ3) is 5.87. The van der Waals surface area contributed by atoms with Crippen molar-refractivity contribution in [3.63, 3.8) is 0 Å². The summed E-state index contributed by atoms with van der Waals surface area (Å²) < 4.78 is 0. The minimum atomic E-state index is -0.352. The van der Waals surface area contributed by atoms with E-state index < -0.39 is 0 Å². The van der Waals surface area contributed by atoms with Gasteiger partial charge in [0, 0.05) is 30.1 Å². The highest BCUT2D eigenvalue weighted by Crippen LogP contribution is 2.17. The molecule has 3 rings (SSSR count). The Labute approximate surface area is 172 Å². The van der Waals surface area contributed by atoms with Crippen LogP contribution in [0.3, 0.4) is 0 Å². The van der Waals surface area contributed by atoms with Crippen molar-refractivity contribution in [2.45, 2.75) is 26.3 Å². The van der Waals surface area contributed by atoms with Crippen molar-refractivity contribution in [1.29, 1.82) is 0 Å². The number of nitrogens with zero attached hydrogens (tertiary/aromatic N) is 2. The van der Waals surface area contributed by atoms with Crippen molar-refractivity contribution in [2.75, 3.05) is 5.32 Å².